The normalized spacial score (nSPS) is 27.7. The van der Waals surface area contributed by atoms with E-state index < -0.39 is 17.7 Å². The van der Waals surface area contributed by atoms with Gasteiger partial charge in [0.25, 0.3) is 0 Å². The summed E-state index contributed by atoms with van der Waals surface area (Å²) in [6.45, 7) is 6.61. The molecule has 1 heterocycles. The van der Waals surface area contributed by atoms with E-state index in [4.69, 9.17) is 25.7 Å². The van der Waals surface area contributed by atoms with Gasteiger partial charge in [-0.1, -0.05) is 25.5 Å². The van der Waals surface area contributed by atoms with Crippen LogP contribution in [0.1, 0.15) is 63.5 Å². The average molecular weight is 472 g/mol. The number of rotatable bonds is 7. The zero-order valence-corrected chi connectivity index (χ0v) is 20.6. The Morgan fingerprint density at radius 1 is 1.29 bits per heavy atom. The van der Waals surface area contributed by atoms with Gasteiger partial charge < -0.3 is 25.7 Å². The molecule has 1 aliphatic heterocycles. The van der Waals surface area contributed by atoms with Gasteiger partial charge in [0.2, 0.25) is 5.91 Å². The Labute approximate surface area is 201 Å². The maximum absolute atomic E-state index is 12.5. The van der Waals surface area contributed by atoms with Crippen LogP contribution in [0.2, 0.25) is 0 Å². The first-order chi connectivity index (χ1) is 16.1. The fourth-order valence-corrected chi connectivity index (χ4v) is 5.79. The maximum Gasteiger partial charge on any atom is 0.414 e. The molecule has 186 valence electrons. The van der Waals surface area contributed by atoms with Gasteiger partial charge in [0.1, 0.15) is 12.2 Å². The Morgan fingerprint density at radius 3 is 2.74 bits per heavy atom. The molecule has 4 rings (SSSR count). The number of amides is 2. The SMILES string of the molecule is COc1ccc2c3c1OC1CC(OC(=O)NC(=O)CC(CN)CC(C)C)C=C(CC(C)(N)C2)C31. The van der Waals surface area contributed by atoms with E-state index in [-0.39, 0.29) is 30.3 Å². The smallest absolute Gasteiger partial charge is 0.414 e. The molecule has 3 aliphatic rings. The summed E-state index contributed by atoms with van der Waals surface area (Å²) in [4.78, 5) is 24.9. The Bertz CT molecular complexity index is 987. The van der Waals surface area contributed by atoms with Gasteiger partial charge >= 0.3 is 6.09 Å². The van der Waals surface area contributed by atoms with Crippen molar-refractivity contribution in [3.8, 4) is 11.5 Å². The lowest BCUT2D eigenvalue weighted by Crippen LogP contribution is -2.41. The number of benzene rings is 1. The number of hydrogen-bond acceptors (Lipinski definition) is 7. The van der Waals surface area contributed by atoms with E-state index in [0.29, 0.717) is 31.1 Å². The van der Waals surface area contributed by atoms with Crippen molar-refractivity contribution < 1.29 is 23.8 Å². The van der Waals surface area contributed by atoms with Crippen LogP contribution in [0.3, 0.4) is 0 Å². The molecule has 2 amide bonds. The summed E-state index contributed by atoms with van der Waals surface area (Å²) in [6, 6.07) is 4.00. The number of hydrogen-bond donors (Lipinski definition) is 3. The number of carbonyl (C=O) groups excluding carboxylic acids is 2. The molecule has 0 aromatic heterocycles. The summed E-state index contributed by atoms with van der Waals surface area (Å²) in [5.41, 5.74) is 15.4. The van der Waals surface area contributed by atoms with E-state index in [1.54, 1.807) is 7.11 Å². The topological polar surface area (TPSA) is 126 Å². The summed E-state index contributed by atoms with van der Waals surface area (Å²) in [5.74, 6) is 1.62. The second kappa shape index (κ2) is 9.58. The Hall–Kier alpha value is -2.58. The third-order valence-corrected chi connectivity index (χ3v) is 7.00. The molecule has 0 saturated heterocycles. The fraction of sp³-hybridized carbons (Fsp3) is 0.615. The maximum atomic E-state index is 12.5. The molecule has 5 unspecified atom stereocenters. The van der Waals surface area contributed by atoms with Gasteiger partial charge in [-0.2, -0.15) is 0 Å². The van der Waals surface area contributed by atoms with Gasteiger partial charge in [0, 0.05) is 29.9 Å². The molecule has 0 saturated carbocycles. The number of methoxy groups -OCH3 is 1. The minimum absolute atomic E-state index is 0.0353. The third-order valence-electron chi connectivity index (χ3n) is 7.00. The summed E-state index contributed by atoms with van der Waals surface area (Å²) < 4.78 is 17.6. The zero-order valence-electron chi connectivity index (χ0n) is 20.6. The molecule has 5 atom stereocenters. The summed E-state index contributed by atoms with van der Waals surface area (Å²) >= 11 is 0. The first-order valence-corrected chi connectivity index (χ1v) is 12.2. The van der Waals surface area contributed by atoms with Crippen molar-refractivity contribution in [2.45, 2.75) is 76.5 Å². The standard InChI is InChI=1S/C26H37N3O5/c1-14(2)7-15(13-27)8-21(30)29-25(31)33-18-9-17-12-26(3,28)11-16-5-6-19(32-4)24-23(16)22(17)20(10-18)34-24/h5-6,9,14-15,18,20,22H,7-8,10-13,27-28H2,1-4H3,(H,29,30,31). The molecular formula is C26H37N3O5. The van der Waals surface area contributed by atoms with E-state index in [9.17, 15) is 9.59 Å². The summed E-state index contributed by atoms with van der Waals surface area (Å²) in [5, 5.41) is 2.36. The number of nitrogens with two attached hydrogens (primary N) is 2. The van der Waals surface area contributed by atoms with Crippen molar-refractivity contribution in [1.29, 1.82) is 0 Å². The van der Waals surface area contributed by atoms with Crippen molar-refractivity contribution in [1.82, 2.24) is 5.32 Å². The Morgan fingerprint density at radius 2 is 2.06 bits per heavy atom. The highest BCUT2D eigenvalue weighted by Crippen LogP contribution is 2.55. The van der Waals surface area contributed by atoms with Crippen LogP contribution in [0.15, 0.2) is 23.8 Å². The first-order valence-electron chi connectivity index (χ1n) is 12.2. The molecular weight excluding hydrogens is 434 g/mol. The Balaban J connectivity index is 1.48. The van der Waals surface area contributed by atoms with Crippen LogP contribution < -0.4 is 26.3 Å². The summed E-state index contributed by atoms with van der Waals surface area (Å²) in [7, 11) is 1.63. The quantitative estimate of drug-likeness (QED) is 0.522. The molecule has 2 aliphatic carbocycles. The lowest BCUT2D eigenvalue weighted by Gasteiger charge is -2.32. The number of alkyl carbamates (subject to hydrolysis) is 1. The molecule has 34 heavy (non-hydrogen) atoms. The van der Waals surface area contributed by atoms with Crippen molar-refractivity contribution in [2.24, 2.45) is 23.3 Å². The van der Waals surface area contributed by atoms with E-state index in [2.05, 4.69) is 25.2 Å². The molecule has 0 fully saturated rings. The average Bonchev–Trinajstić information content (AvgIpc) is 3.06. The van der Waals surface area contributed by atoms with E-state index in [0.717, 1.165) is 29.7 Å². The first kappa shape index (κ1) is 24.5. The predicted octanol–water partition coefficient (Wildman–Crippen LogP) is 3.17. The van der Waals surface area contributed by atoms with Gasteiger partial charge in [0.15, 0.2) is 11.5 Å². The number of imide groups is 1. The predicted molar refractivity (Wildman–Crippen MR) is 129 cm³/mol. The highest BCUT2D eigenvalue weighted by molar-refractivity contribution is 5.91. The summed E-state index contributed by atoms with van der Waals surface area (Å²) in [6.07, 6.45) is 3.47. The van der Waals surface area contributed by atoms with Crippen LogP contribution in [0.25, 0.3) is 0 Å². The zero-order chi connectivity index (χ0) is 24.6. The number of carbonyl (C=O) groups is 2. The molecule has 0 spiro atoms. The molecule has 8 nitrogen and oxygen atoms in total. The van der Waals surface area contributed by atoms with Crippen LogP contribution in [-0.4, -0.2) is 43.4 Å². The van der Waals surface area contributed by atoms with Gasteiger partial charge in [-0.25, -0.2) is 4.79 Å². The van der Waals surface area contributed by atoms with Gasteiger partial charge in [0.05, 0.1) is 7.11 Å². The van der Waals surface area contributed by atoms with E-state index >= 15 is 0 Å². The number of nitrogens with one attached hydrogen (secondary N) is 1. The lowest BCUT2D eigenvalue weighted by molar-refractivity contribution is -0.121. The highest BCUT2D eigenvalue weighted by atomic mass is 16.6. The minimum Gasteiger partial charge on any atom is -0.493 e. The van der Waals surface area contributed by atoms with Crippen LogP contribution in [0, 0.1) is 11.8 Å². The second-order valence-electron chi connectivity index (χ2n) is 10.7. The van der Waals surface area contributed by atoms with E-state index in [1.807, 2.05) is 19.1 Å². The second-order valence-corrected chi connectivity index (χ2v) is 10.7. The molecule has 1 aromatic carbocycles. The molecule has 8 heteroatoms. The number of ether oxygens (including phenoxy) is 3. The molecule has 5 N–H and O–H groups in total. The fourth-order valence-electron chi connectivity index (χ4n) is 5.79. The van der Waals surface area contributed by atoms with Gasteiger partial charge in [-0.05, 0) is 62.3 Å². The van der Waals surface area contributed by atoms with Crippen molar-refractivity contribution in [2.75, 3.05) is 13.7 Å². The highest BCUT2D eigenvalue weighted by Gasteiger charge is 2.47. The van der Waals surface area contributed by atoms with Gasteiger partial charge in [-0.15, -0.1) is 0 Å². The van der Waals surface area contributed by atoms with Crippen molar-refractivity contribution >= 4 is 12.0 Å². The Kier molecular flexibility index (Phi) is 6.92. The monoisotopic (exact) mass is 471 g/mol. The third kappa shape index (κ3) is 5.08. The van der Waals surface area contributed by atoms with Crippen LogP contribution in [-0.2, 0) is 16.0 Å². The van der Waals surface area contributed by atoms with E-state index in [1.165, 1.54) is 5.56 Å². The minimum atomic E-state index is -0.747. The molecule has 0 radical (unpaired) electrons. The lowest BCUT2D eigenvalue weighted by atomic mass is 9.78. The van der Waals surface area contributed by atoms with Crippen molar-refractivity contribution in [3.63, 3.8) is 0 Å². The van der Waals surface area contributed by atoms with Crippen LogP contribution in [0.4, 0.5) is 4.79 Å². The molecule has 0 bridgehead atoms. The van der Waals surface area contributed by atoms with Crippen LogP contribution in [0.5, 0.6) is 11.5 Å². The van der Waals surface area contributed by atoms with Crippen molar-refractivity contribution in [3.05, 3.63) is 34.9 Å². The largest absolute Gasteiger partial charge is 0.493 e. The molecule has 1 aromatic rings. The van der Waals surface area contributed by atoms with Crippen LogP contribution >= 0.6 is 0 Å². The van der Waals surface area contributed by atoms with Gasteiger partial charge in [-0.3, -0.25) is 10.1 Å².